The second kappa shape index (κ2) is 7.27. The van der Waals surface area contributed by atoms with Gasteiger partial charge in [0.05, 0.1) is 0 Å². The number of hydrogen-bond acceptors (Lipinski definition) is 3. The zero-order valence-electron chi connectivity index (χ0n) is 12.5. The maximum atomic E-state index is 3.54. The van der Waals surface area contributed by atoms with Gasteiger partial charge in [0.1, 0.15) is 0 Å². The molecule has 0 radical (unpaired) electrons. The van der Waals surface area contributed by atoms with E-state index in [0.29, 0.717) is 6.04 Å². The van der Waals surface area contributed by atoms with Gasteiger partial charge in [-0.3, -0.25) is 4.90 Å². The Morgan fingerprint density at radius 1 is 1.39 bits per heavy atom. The minimum Gasteiger partial charge on any atom is -0.312 e. The Bertz CT molecular complexity index is 314. The molecule has 1 rings (SSSR count). The minimum absolute atomic E-state index is 0.242. The highest BCUT2D eigenvalue weighted by atomic mass is 32.1. The van der Waals surface area contributed by atoms with Crippen molar-refractivity contribution in [3.63, 3.8) is 0 Å². The molecule has 0 fully saturated rings. The van der Waals surface area contributed by atoms with Crippen LogP contribution in [0, 0.1) is 0 Å². The molecule has 1 aromatic heterocycles. The largest absolute Gasteiger partial charge is 0.312 e. The number of thiophene rings is 1. The average molecular weight is 268 g/mol. The van der Waals surface area contributed by atoms with E-state index < -0.39 is 0 Å². The SMILES string of the molecule is CC(CCCNC(C)(C)C)N(C)Cc1ccsc1. The van der Waals surface area contributed by atoms with Gasteiger partial charge in [-0.1, -0.05) is 0 Å². The Kier molecular flexibility index (Phi) is 6.33. The topological polar surface area (TPSA) is 15.3 Å². The summed E-state index contributed by atoms with van der Waals surface area (Å²) in [4.78, 5) is 2.44. The van der Waals surface area contributed by atoms with Gasteiger partial charge in [0.25, 0.3) is 0 Å². The summed E-state index contributed by atoms with van der Waals surface area (Å²) in [5.41, 5.74) is 1.67. The summed E-state index contributed by atoms with van der Waals surface area (Å²) in [5, 5.41) is 7.94. The molecule has 3 heteroatoms. The van der Waals surface area contributed by atoms with Crippen LogP contribution in [-0.4, -0.2) is 30.1 Å². The van der Waals surface area contributed by atoms with Crippen LogP contribution in [0.3, 0.4) is 0 Å². The van der Waals surface area contributed by atoms with E-state index in [-0.39, 0.29) is 5.54 Å². The summed E-state index contributed by atoms with van der Waals surface area (Å²) in [6, 6.07) is 2.86. The lowest BCUT2D eigenvalue weighted by molar-refractivity contribution is 0.233. The highest BCUT2D eigenvalue weighted by Crippen LogP contribution is 2.12. The van der Waals surface area contributed by atoms with Gasteiger partial charge in [0.15, 0.2) is 0 Å². The summed E-state index contributed by atoms with van der Waals surface area (Å²) in [7, 11) is 2.22. The highest BCUT2D eigenvalue weighted by molar-refractivity contribution is 7.07. The first kappa shape index (κ1) is 15.7. The summed E-state index contributed by atoms with van der Waals surface area (Å²) in [6.07, 6.45) is 2.50. The van der Waals surface area contributed by atoms with Crippen molar-refractivity contribution in [1.82, 2.24) is 10.2 Å². The standard InChI is InChI=1S/C15H28N2S/c1-13(7-6-9-16-15(2,3)4)17(5)11-14-8-10-18-12-14/h8,10,12-13,16H,6-7,9,11H2,1-5H3. The Balaban J connectivity index is 2.18. The molecule has 0 saturated carbocycles. The molecule has 0 aromatic carbocycles. The lowest BCUT2D eigenvalue weighted by Gasteiger charge is -2.25. The van der Waals surface area contributed by atoms with E-state index in [4.69, 9.17) is 0 Å². The molecule has 1 N–H and O–H groups in total. The van der Waals surface area contributed by atoms with Gasteiger partial charge >= 0.3 is 0 Å². The van der Waals surface area contributed by atoms with Crippen molar-refractivity contribution in [3.8, 4) is 0 Å². The molecule has 0 bridgehead atoms. The molecule has 1 heterocycles. The quantitative estimate of drug-likeness (QED) is 0.758. The molecule has 1 atom stereocenters. The van der Waals surface area contributed by atoms with Crippen LogP contribution in [0.4, 0.5) is 0 Å². The van der Waals surface area contributed by atoms with Crippen LogP contribution in [0.2, 0.25) is 0 Å². The van der Waals surface area contributed by atoms with Crippen molar-refractivity contribution < 1.29 is 0 Å². The molecular formula is C15H28N2S. The first-order valence-corrected chi connectivity index (χ1v) is 7.79. The van der Waals surface area contributed by atoms with Crippen molar-refractivity contribution in [1.29, 1.82) is 0 Å². The third-order valence-electron chi connectivity index (χ3n) is 3.22. The van der Waals surface area contributed by atoms with Crippen LogP contribution in [0.15, 0.2) is 16.8 Å². The summed E-state index contributed by atoms with van der Waals surface area (Å²) in [6.45, 7) is 11.2. The average Bonchev–Trinajstić information content (AvgIpc) is 2.75. The van der Waals surface area contributed by atoms with Crippen LogP contribution >= 0.6 is 11.3 Å². The highest BCUT2D eigenvalue weighted by Gasteiger charge is 2.11. The third kappa shape index (κ3) is 6.53. The van der Waals surface area contributed by atoms with Crippen LogP contribution in [0.5, 0.6) is 0 Å². The predicted molar refractivity (Wildman–Crippen MR) is 82.2 cm³/mol. The lowest BCUT2D eigenvalue weighted by atomic mass is 10.1. The monoisotopic (exact) mass is 268 g/mol. The van der Waals surface area contributed by atoms with Gasteiger partial charge in [-0.05, 0) is 76.5 Å². The van der Waals surface area contributed by atoms with Crippen LogP contribution in [0.1, 0.15) is 46.1 Å². The molecule has 0 saturated heterocycles. The molecule has 0 aliphatic heterocycles. The molecule has 0 amide bonds. The van der Waals surface area contributed by atoms with Gasteiger partial charge in [0, 0.05) is 18.1 Å². The Morgan fingerprint density at radius 2 is 2.11 bits per heavy atom. The number of rotatable bonds is 7. The molecule has 0 aliphatic carbocycles. The molecular weight excluding hydrogens is 240 g/mol. The zero-order valence-corrected chi connectivity index (χ0v) is 13.3. The van der Waals surface area contributed by atoms with Gasteiger partial charge in [-0.2, -0.15) is 11.3 Å². The zero-order chi connectivity index (χ0) is 13.6. The van der Waals surface area contributed by atoms with Crippen molar-refractivity contribution in [3.05, 3.63) is 22.4 Å². The molecule has 0 aliphatic rings. The van der Waals surface area contributed by atoms with E-state index in [1.54, 1.807) is 11.3 Å². The Morgan fingerprint density at radius 3 is 2.67 bits per heavy atom. The minimum atomic E-state index is 0.242. The molecule has 0 spiro atoms. The first-order valence-electron chi connectivity index (χ1n) is 6.85. The van der Waals surface area contributed by atoms with Crippen molar-refractivity contribution in [2.75, 3.05) is 13.6 Å². The lowest BCUT2D eigenvalue weighted by Crippen LogP contribution is -2.37. The number of nitrogens with zero attached hydrogens (tertiary/aromatic N) is 1. The molecule has 1 unspecified atom stereocenters. The van der Waals surface area contributed by atoms with Crippen LogP contribution < -0.4 is 5.32 Å². The maximum Gasteiger partial charge on any atom is 0.0241 e. The van der Waals surface area contributed by atoms with Crippen LogP contribution in [0.25, 0.3) is 0 Å². The van der Waals surface area contributed by atoms with Gasteiger partial charge in [-0.15, -0.1) is 0 Å². The van der Waals surface area contributed by atoms with Crippen molar-refractivity contribution >= 4 is 11.3 Å². The first-order chi connectivity index (χ1) is 8.38. The maximum absolute atomic E-state index is 3.54. The van der Waals surface area contributed by atoms with E-state index in [2.05, 4.69) is 61.8 Å². The van der Waals surface area contributed by atoms with Crippen LogP contribution in [-0.2, 0) is 6.54 Å². The molecule has 2 nitrogen and oxygen atoms in total. The fourth-order valence-electron chi connectivity index (χ4n) is 1.91. The summed E-state index contributed by atoms with van der Waals surface area (Å²) < 4.78 is 0. The van der Waals surface area contributed by atoms with E-state index in [0.717, 1.165) is 13.1 Å². The molecule has 104 valence electrons. The third-order valence-corrected chi connectivity index (χ3v) is 3.95. The number of hydrogen-bond donors (Lipinski definition) is 1. The summed E-state index contributed by atoms with van der Waals surface area (Å²) in [5.74, 6) is 0. The second-order valence-electron chi connectivity index (χ2n) is 6.21. The smallest absolute Gasteiger partial charge is 0.0241 e. The number of nitrogens with one attached hydrogen (secondary N) is 1. The van der Waals surface area contributed by atoms with Crippen molar-refractivity contribution in [2.24, 2.45) is 0 Å². The van der Waals surface area contributed by atoms with Gasteiger partial charge in [-0.25, -0.2) is 0 Å². The Hall–Kier alpha value is -0.380. The normalized spacial score (nSPS) is 14.1. The second-order valence-corrected chi connectivity index (χ2v) is 6.99. The van der Waals surface area contributed by atoms with E-state index in [1.807, 2.05) is 0 Å². The Labute approximate surface area is 116 Å². The fourth-order valence-corrected chi connectivity index (χ4v) is 2.57. The molecule has 1 aromatic rings. The van der Waals surface area contributed by atoms with E-state index in [9.17, 15) is 0 Å². The molecule has 18 heavy (non-hydrogen) atoms. The summed E-state index contributed by atoms with van der Waals surface area (Å²) >= 11 is 1.78. The van der Waals surface area contributed by atoms with Crippen molar-refractivity contribution in [2.45, 2.75) is 58.7 Å². The van der Waals surface area contributed by atoms with E-state index >= 15 is 0 Å². The van der Waals surface area contributed by atoms with Gasteiger partial charge < -0.3 is 5.32 Å². The van der Waals surface area contributed by atoms with Gasteiger partial charge in [0.2, 0.25) is 0 Å². The fraction of sp³-hybridized carbons (Fsp3) is 0.733. The van der Waals surface area contributed by atoms with E-state index in [1.165, 1.54) is 18.4 Å². The predicted octanol–water partition coefficient (Wildman–Crippen LogP) is 3.74.